The zero-order valence-corrected chi connectivity index (χ0v) is 15.5. The summed E-state index contributed by atoms with van der Waals surface area (Å²) in [5, 5.41) is 10.5. The molecule has 0 amide bonds. The van der Waals surface area contributed by atoms with Crippen LogP contribution in [0.5, 0.6) is 0 Å². The first-order chi connectivity index (χ1) is 12.3. The van der Waals surface area contributed by atoms with Crippen molar-refractivity contribution in [3.8, 4) is 0 Å². The number of piperidine rings is 1. The van der Waals surface area contributed by atoms with E-state index >= 15 is 0 Å². The zero-order valence-electron chi connectivity index (χ0n) is 15.5. The molecule has 7 nitrogen and oxygen atoms in total. The van der Waals surface area contributed by atoms with Crippen LogP contribution in [0.3, 0.4) is 0 Å². The van der Waals surface area contributed by atoms with Crippen molar-refractivity contribution in [2.45, 2.75) is 57.8 Å². The van der Waals surface area contributed by atoms with Crippen LogP contribution in [-0.2, 0) is 16.0 Å². The van der Waals surface area contributed by atoms with E-state index in [9.17, 15) is 0 Å². The van der Waals surface area contributed by atoms with Crippen LogP contribution in [0.4, 0.5) is 0 Å². The van der Waals surface area contributed by atoms with Gasteiger partial charge in [0, 0.05) is 44.5 Å². The number of nitrogens with zero attached hydrogens (tertiary/aromatic N) is 3. The lowest BCUT2D eigenvalue weighted by atomic mass is 10.1. The fourth-order valence-corrected chi connectivity index (χ4v) is 3.48. The lowest BCUT2D eigenvalue weighted by molar-refractivity contribution is -0.0721. The van der Waals surface area contributed by atoms with E-state index in [4.69, 9.17) is 9.47 Å². The van der Waals surface area contributed by atoms with E-state index in [0.29, 0.717) is 12.2 Å². The minimum Gasteiger partial charge on any atom is -0.376 e. The summed E-state index contributed by atoms with van der Waals surface area (Å²) >= 11 is 0. The third-order valence-corrected chi connectivity index (χ3v) is 5.12. The van der Waals surface area contributed by atoms with E-state index in [0.717, 1.165) is 63.8 Å². The molecular formula is C18H31N5O2. The van der Waals surface area contributed by atoms with Crippen molar-refractivity contribution >= 4 is 5.96 Å². The van der Waals surface area contributed by atoms with Crippen LogP contribution < -0.4 is 5.32 Å². The van der Waals surface area contributed by atoms with Gasteiger partial charge in [-0.3, -0.25) is 10.1 Å². The molecule has 140 valence electrons. The predicted octanol–water partition coefficient (Wildman–Crippen LogP) is 1.84. The van der Waals surface area contributed by atoms with Crippen LogP contribution in [0.15, 0.2) is 11.2 Å². The summed E-state index contributed by atoms with van der Waals surface area (Å²) in [5.41, 5.74) is 2.27. The van der Waals surface area contributed by atoms with Gasteiger partial charge in [-0.2, -0.15) is 5.10 Å². The number of nitrogens with one attached hydrogen (secondary N) is 2. The molecule has 1 aromatic heterocycles. The van der Waals surface area contributed by atoms with Crippen LogP contribution in [0.2, 0.25) is 0 Å². The number of hydrogen-bond donors (Lipinski definition) is 2. The predicted molar refractivity (Wildman–Crippen MR) is 97.7 cm³/mol. The maximum absolute atomic E-state index is 6.09. The molecule has 1 aromatic rings. The number of aromatic nitrogens is 2. The van der Waals surface area contributed by atoms with Crippen LogP contribution in [0, 0.1) is 6.92 Å². The third-order valence-electron chi connectivity index (χ3n) is 5.12. The molecule has 2 saturated heterocycles. The minimum atomic E-state index is 0.305. The Bertz CT molecular complexity index is 545. The largest absolute Gasteiger partial charge is 0.376 e. The fourth-order valence-electron chi connectivity index (χ4n) is 3.48. The van der Waals surface area contributed by atoms with Crippen molar-refractivity contribution in [2.75, 3.05) is 33.4 Å². The molecule has 25 heavy (non-hydrogen) atoms. The van der Waals surface area contributed by atoms with E-state index < -0.39 is 0 Å². The molecule has 0 saturated carbocycles. The quantitative estimate of drug-likeness (QED) is 0.627. The minimum absolute atomic E-state index is 0.305. The highest BCUT2D eigenvalue weighted by Crippen LogP contribution is 2.18. The lowest BCUT2D eigenvalue weighted by Gasteiger charge is -2.35. The summed E-state index contributed by atoms with van der Waals surface area (Å²) in [5.74, 6) is 0.953. The molecule has 0 radical (unpaired) electrons. The van der Waals surface area contributed by atoms with E-state index in [-0.39, 0.29) is 0 Å². The highest BCUT2D eigenvalue weighted by Gasteiger charge is 2.23. The first-order valence-corrected chi connectivity index (χ1v) is 9.44. The van der Waals surface area contributed by atoms with Gasteiger partial charge >= 0.3 is 0 Å². The van der Waals surface area contributed by atoms with Crippen molar-refractivity contribution in [2.24, 2.45) is 4.99 Å². The van der Waals surface area contributed by atoms with Gasteiger partial charge in [0.05, 0.1) is 25.0 Å². The third kappa shape index (κ3) is 5.19. The fraction of sp³-hybridized carbons (Fsp3) is 0.778. The van der Waals surface area contributed by atoms with Gasteiger partial charge in [-0.1, -0.05) is 0 Å². The van der Waals surface area contributed by atoms with Crippen LogP contribution in [0.25, 0.3) is 0 Å². The van der Waals surface area contributed by atoms with Gasteiger partial charge in [0.15, 0.2) is 5.96 Å². The summed E-state index contributed by atoms with van der Waals surface area (Å²) in [6.45, 7) is 6.36. The van der Waals surface area contributed by atoms with Crippen LogP contribution >= 0.6 is 0 Å². The first kappa shape index (κ1) is 18.2. The van der Waals surface area contributed by atoms with E-state index in [1.807, 2.05) is 20.2 Å². The Balaban J connectivity index is 1.38. The average Bonchev–Trinajstić information content (AvgIpc) is 3.07. The maximum Gasteiger partial charge on any atom is 0.193 e. The normalized spacial score (nSPS) is 23.0. The zero-order chi connectivity index (χ0) is 17.5. The smallest absolute Gasteiger partial charge is 0.193 e. The number of likely N-dealkylation sites (tertiary alicyclic amines) is 1. The Kier molecular flexibility index (Phi) is 6.69. The number of hydrogen-bond acceptors (Lipinski definition) is 4. The molecule has 2 fully saturated rings. The van der Waals surface area contributed by atoms with Crippen molar-refractivity contribution in [3.63, 3.8) is 0 Å². The maximum atomic E-state index is 6.09. The number of aromatic amines is 1. The van der Waals surface area contributed by atoms with Crippen LogP contribution in [0.1, 0.15) is 43.4 Å². The average molecular weight is 349 g/mol. The van der Waals surface area contributed by atoms with Gasteiger partial charge in [-0.15, -0.1) is 0 Å². The molecule has 0 spiro atoms. The summed E-state index contributed by atoms with van der Waals surface area (Å²) in [4.78, 5) is 6.74. The summed E-state index contributed by atoms with van der Waals surface area (Å²) < 4.78 is 11.8. The molecule has 3 rings (SSSR count). The number of guanidine groups is 1. The molecular weight excluding hydrogens is 318 g/mol. The lowest BCUT2D eigenvalue weighted by Crippen LogP contribution is -2.47. The van der Waals surface area contributed by atoms with Gasteiger partial charge in [0.2, 0.25) is 0 Å². The Hall–Kier alpha value is -1.60. The number of aliphatic imine (C=N–C) groups is 1. The van der Waals surface area contributed by atoms with Gasteiger partial charge < -0.3 is 19.7 Å². The van der Waals surface area contributed by atoms with Crippen molar-refractivity contribution in [1.29, 1.82) is 0 Å². The highest BCUT2D eigenvalue weighted by molar-refractivity contribution is 5.79. The van der Waals surface area contributed by atoms with E-state index in [1.165, 1.54) is 18.4 Å². The second-order valence-corrected chi connectivity index (χ2v) is 6.93. The Morgan fingerprint density at radius 3 is 2.88 bits per heavy atom. The molecule has 3 heterocycles. The first-order valence-electron chi connectivity index (χ1n) is 9.44. The summed E-state index contributed by atoms with van der Waals surface area (Å²) in [7, 11) is 1.84. The molecule has 0 aromatic carbocycles. The molecule has 7 heteroatoms. The Morgan fingerprint density at radius 2 is 2.24 bits per heavy atom. The number of aryl methyl sites for hydroxylation is 1. The highest BCUT2D eigenvalue weighted by atomic mass is 16.5. The molecule has 1 atom stereocenters. The molecule has 2 aliphatic heterocycles. The molecule has 2 N–H and O–H groups in total. The van der Waals surface area contributed by atoms with E-state index in [2.05, 4.69) is 25.4 Å². The van der Waals surface area contributed by atoms with E-state index in [1.54, 1.807) is 0 Å². The van der Waals surface area contributed by atoms with Gasteiger partial charge in [-0.05, 0) is 39.0 Å². The van der Waals surface area contributed by atoms with Crippen molar-refractivity contribution < 1.29 is 9.47 Å². The summed E-state index contributed by atoms with van der Waals surface area (Å²) in [6, 6.07) is 0. The molecule has 0 bridgehead atoms. The van der Waals surface area contributed by atoms with Crippen molar-refractivity contribution in [3.05, 3.63) is 17.5 Å². The topological polar surface area (TPSA) is 74.8 Å². The number of H-pyrrole nitrogens is 1. The molecule has 2 aliphatic rings. The Labute approximate surface area is 150 Å². The second-order valence-electron chi connectivity index (χ2n) is 6.93. The van der Waals surface area contributed by atoms with Gasteiger partial charge in [-0.25, -0.2) is 0 Å². The second kappa shape index (κ2) is 9.20. The van der Waals surface area contributed by atoms with Gasteiger partial charge in [0.25, 0.3) is 0 Å². The monoisotopic (exact) mass is 349 g/mol. The van der Waals surface area contributed by atoms with Gasteiger partial charge in [0.1, 0.15) is 0 Å². The van der Waals surface area contributed by atoms with Crippen molar-refractivity contribution in [1.82, 2.24) is 20.4 Å². The number of ether oxygens (including phenoxy) is 2. The SMILES string of the molecule is CN=C(NCc1cn[nH]c1C)N1CCC(OCC2CCCCO2)CC1. The molecule has 0 aliphatic carbocycles. The Morgan fingerprint density at radius 1 is 1.40 bits per heavy atom. The number of rotatable bonds is 5. The molecule has 1 unspecified atom stereocenters. The van der Waals surface area contributed by atoms with Crippen LogP contribution in [-0.4, -0.2) is 66.6 Å². The summed E-state index contributed by atoms with van der Waals surface area (Å²) in [6.07, 6.45) is 8.20. The standard InChI is InChI=1S/C18H31N5O2/c1-14-15(12-21-22-14)11-20-18(19-2)23-8-6-16(7-9-23)25-13-17-5-3-4-10-24-17/h12,16-17H,3-11,13H2,1-2H3,(H,19,20)(H,21,22).